The van der Waals surface area contributed by atoms with Crippen molar-refractivity contribution in [2.45, 2.75) is 69.6 Å². The molecule has 2 atom stereocenters. The molecule has 0 aliphatic heterocycles. The van der Waals surface area contributed by atoms with Crippen LogP contribution >= 0.6 is 0 Å². The summed E-state index contributed by atoms with van der Waals surface area (Å²) in [5.74, 6) is -3.29. The Morgan fingerprint density at radius 3 is 2.44 bits per heavy atom. The Balaban J connectivity index is 1.51. The predicted octanol–water partition coefficient (Wildman–Crippen LogP) is 3.92. The molecule has 0 saturated heterocycles. The van der Waals surface area contributed by atoms with E-state index in [4.69, 9.17) is 5.73 Å². The van der Waals surface area contributed by atoms with Gasteiger partial charge in [0.25, 0.3) is 0 Å². The lowest BCUT2D eigenvalue weighted by molar-refractivity contribution is -0.122. The van der Waals surface area contributed by atoms with E-state index in [0.29, 0.717) is 61.3 Å². The molecule has 9 nitrogen and oxygen atoms in total. The highest BCUT2D eigenvalue weighted by molar-refractivity contribution is 5.78. The molecule has 36 heavy (non-hydrogen) atoms. The van der Waals surface area contributed by atoms with Gasteiger partial charge < -0.3 is 21.5 Å². The van der Waals surface area contributed by atoms with E-state index in [2.05, 4.69) is 25.6 Å². The molecule has 0 spiro atoms. The van der Waals surface area contributed by atoms with E-state index in [1.165, 1.54) is 6.20 Å². The number of nitrogens with zero attached hydrogens (tertiary/aromatic N) is 4. The summed E-state index contributed by atoms with van der Waals surface area (Å²) in [4.78, 5) is 25.2. The Labute approximate surface area is 205 Å². The SMILES string of the molecule is NC(=O)C1CCC(n2c(Nc3c(F)cc(F)cc3F)nc3cnc(N[C@H]4CCC[C@H](O)C4)nc32)CC1. The van der Waals surface area contributed by atoms with Crippen LogP contribution in [0.1, 0.15) is 57.4 Å². The van der Waals surface area contributed by atoms with Crippen LogP contribution in [0.5, 0.6) is 0 Å². The van der Waals surface area contributed by atoms with E-state index in [1.807, 2.05) is 0 Å². The van der Waals surface area contributed by atoms with E-state index in [-0.39, 0.29) is 36.0 Å². The summed E-state index contributed by atoms with van der Waals surface area (Å²) < 4.78 is 44.1. The zero-order valence-corrected chi connectivity index (χ0v) is 19.6. The number of hydrogen-bond donors (Lipinski definition) is 4. The molecule has 2 aliphatic rings. The van der Waals surface area contributed by atoms with E-state index in [0.717, 1.165) is 19.3 Å². The number of primary amides is 1. The van der Waals surface area contributed by atoms with Gasteiger partial charge in [-0.3, -0.25) is 9.36 Å². The molecule has 12 heteroatoms. The molecule has 5 rings (SSSR count). The van der Waals surface area contributed by atoms with E-state index in [1.54, 1.807) is 4.57 Å². The average molecular weight is 504 g/mol. The smallest absolute Gasteiger partial charge is 0.224 e. The molecule has 192 valence electrons. The molecule has 0 radical (unpaired) electrons. The van der Waals surface area contributed by atoms with Gasteiger partial charge in [0.1, 0.15) is 17.0 Å². The summed E-state index contributed by atoms with van der Waals surface area (Å²) in [6.45, 7) is 0. The van der Waals surface area contributed by atoms with Crippen LogP contribution in [0.4, 0.5) is 30.8 Å². The van der Waals surface area contributed by atoms with Gasteiger partial charge in [-0.2, -0.15) is 4.98 Å². The van der Waals surface area contributed by atoms with Crippen LogP contribution in [0, 0.1) is 23.4 Å². The predicted molar refractivity (Wildman–Crippen MR) is 127 cm³/mol. The molecule has 2 fully saturated rings. The molecule has 1 aromatic carbocycles. The van der Waals surface area contributed by atoms with Crippen molar-refractivity contribution in [3.05, 3.63) is 35.8 Å². The number of aliphatic hydroxyl groups is 1. The third-order valence-electron chi connectivity index (χ3n) is 7.12. The van der Waals surface area contributed by atoms with Crippen LogP contribution in [-0.4, -0.2) is 42.7 Å². The lowest BCUT2D eigenvalue weighted by Crippen LogP contribution is -2.30. The van der Waals surface area contributed by atoms with Crippen molar-refractivity contribution >= 4 is 34.7 Å². The molecule has 1 amide bonds. The molecule has 2 saturated carbocycles. The van der Waals surface area contributed by atoms with Crippen LogP contribution in [0.25, 0.3) is 11.2 Å². The second-order valence-corrected chi connectivity index (χ2v) is 9.65. The largest absolute Gasteiger partial charge is 0.393 e. The molecule has 2 aromatic heterocycles. The van der Waals surface area contributed by atoms with Crippen LogP contribution in [0.3, 0.4) is 0 Å². The first-order valence-corrected chi connectivity index (χ1v) is 12.2. The van der Waals surface area contributed by atoms with Gasteiger partial charge in [0.15, 0.2) is 17.3 Å². The minimum Gasteiger partial charge on any atom is -0.393 e. The number of aliphatic hydroxyl groups excluding tert-OH is 1. The van der Waals surface area contributed by atoms with Crippen molar-refractivity contribution in [3.63, 3.8) is 0 Å². The third-order valence-corrected chi connectivity index (χ3v) is 7.12. The molecular formula is C24H28F3N7O2. The zero-order valence-electron chi connectivity index (χ0n) is 19.6. The number of amides is 1. The number of nitrogens with one attached hydrogen (secondary N) is 2. The van der Waals surface area contributed by atoms with Gasteiger partial charge in [-0.15, -0.1) is 0 Å². The Kier molecular flexibility index (Phi) is 6.69. The summed E-state index contributed by atoms with van der Waals surface area (Å²) in [5, 5.41) is 15.9. The highest BCUT2D eigenvalue weighted by Crippen LogP contribution is 2.37. The highest BCUT2D eigenvalue weighted by Gasteiger charge is 2.30. The van der Waals surface area contributed by atoms with Crippen molar-refractivity contribution < 1.29 is 23.1 Å². The monoisotopic (exact) mass is 503 g/mol. The lowest BCUT2D eigenvalue weighted by Gasteiger charge is -2.29. The van der Waals surface area contributed by atoms with Gasteiger partial charge in [0.2, 0.25) is 17.8 Å². The number of carbonyl (C=O) groups is 1. The van der Waals surface area contributed by atoms with Crippen molar-refractivity contribution in [2.75, 3.05) is 10.6 Å². The number of carbonyl (C=O) groups excluding carboxylic acids is 1. The summed E-state index contributed by atoms with van der Waals surface area (Å²) in [6.07, 6.45) is 6.59. The van der Waals surface area contributed by atoms with Crippen LogP contribution in [-0.2, 0) is 4.79 Å². The van der Waals surface area contributed by atoms with E-state index >= 15 is 0 Å². The molecule has 5 N–H and O–H groups in total. The van der Waals surface area contributed by atoms with Crippen molar-refractivity contribution in [3.8, 4) is 0 Å². The van der Waals surface area contributed by atoms with Crippen LogP contribution in [0.15, 0.2) is 18.3 Å². The maximum atomic E-state index is 14.4. The molecular weight excluding hydrogens is 475 g/mol. The van der Waals surface area contributed by atoms with Crippen LogP contribution < -0.4 is 16.4 Å². The van der Waals surface area contributed by atoms with Crippen molar-refractivity contribution in [1.29, 1.82) is 0 Å². The first kappa shape index (κ1) is 24.3. The summed E-state index contributed by atoms with van der Waals surface area (Å²) in [5.41, 5.74) is 5.82. The fourth-order valence-electron chi connectivity index (χ4n) is 5.26. The molecule has 2 aliphatic carbocycles. The summed E-state index contributed by atoms with van der Waals surface area (Å²) in [7, 11) is 0. The Bertz CT molecular complexity index is 1250. The minimum atomic E-state index is -1.09. The van der Waals surface area contributed by atoms with Gasteiger partial charge >= 0.3 is 0 Å². The average Bonchev–Trinajstić information content (AvgIpc) is 3.18. The summed E-state index contributed by atoms with van der Waals surface area (Å²) >= 11 is 0. The Morgan fingerprint density at radius 1 is 1.06 bits per heavy atom. The number of fused-ring (bicyclic) bond motifs is 1. The number of halogens is 3. The Hall–Kier alpha value is -3.41. The quantitative estimate of drug-likeness (QED) is 0.401. The maximum Gasteiger partial charge on any atom is 0.224 e. The number of benzene rings is 1. The van der Waals surface area contributed by atoms with Crippen molar-refractivity contribution in [1.82, 2.24) is 19.5 Å². The number of rotatable bonds is 6. The highest BCUT2D eigenvalue weighted by atomic mass is 19.1. The molecule has 2 heterocycles. The molecule has 0 bridgehead atoms. The van der Waals surface area contributed by atoms with Gasteiger partial charge in [-0.25, -0.2) is 23.1 Å². The Morgan fingerprint density at radius 2 is 1.78 bits per heavy atom. The van der Waals surface area contributed by atoms with Gasteiger partial charge in [0, 0.05) is 30.1 Å². The fraction of sp³-hybridized carbons (Fsp3) is 0.500. The van der Waals surface area contributed by atoms with Crippen molar-refractivity contribution in [2.24, 2.45) is 11.7 Å². The lowest BCUT2D eigenvalue weighted by atomic mass is 9.85. The van der Waals surface area contributed by atoms with Gasteiger partial charge in [0.05, 0.1) is 12.3 Å². The number of hydrogen-bond acceptors (Lipinski definition) is 7. The second-order valence-electron chi connectivity index (χ2n) is 9.65. The standard InChI is InChI=1S/C24H28F3N7O2/c25-13-8-17(26)20(18(27)9-13)32-24-31-19-11-29-23(30-14-2-1-3-16(35)10-14)33-22(19)34(24)15-6-4-12(5-7-15)21(28)36/h8-9,11-12,14-16,35H,1-7,10H2,(H2,28,36)(H,31,32)(H,29,30,33)/t12?,14-,15?,16-/m0/s1. The molecule has 0 unspecified atom stereocenters. The number of nitrogens with two attached hydrogens (primary N) is 1. The minimum absolute atomic E-state index is 0.0218. The first-order chi connectivity index (χ1) is 17.3. The number of anilines is 3. The molecule has 3 aromatic rings. The van der Waals surface area contributed by atoms with E-state index in [9.17, 15) is 23.1 Å². The second kappa shape index (κ2) is 9.92. The van der Waals surface area contributed by atoms with Gasteiger partial charge in [-0.05, 0) is 51.4 Å². The number of imidazole rings is 1. The third kappa shape index (κ3) is 4.95. The fourth-order valence-corrected chi connectivity index (χ4v) is 5.26. The van der Waals surface area contributed by atoms with E-state index < -0.39 is 23.1 Å². The topological polar surface area (TPSA) is 131 Å². The maximum absolute atomic E-state index is 14.4. The summed E-state index contributed by atoms with van der Waals surface area (Å²) in [6, 6.07) is 1.04. The van der Waals surface area contributed by atoms with Gasteiger partial charge in [-0.1, -0.05) is 0 Å². The first-order valence-electron chi connectivity index (χ1n) is 12.2. The zero-order chi connectivity index (χ0) is 25.4. The van der Waals surface area contributed by atoms with Crippen LogP contribution in [0.2, 0.25) is 0 Å². The number of aromatic nitrogens is 4. The normalized spacial score (nSPS) is 24.6.